The fourth-order valence-electron chi connectivity index (χ4n) is 2.27. The van der Waals surface area contributed by atoms with Crippen molar-refractivity contribution in [2.75, 3.05) is 5.32 Å². The molecule has 1 atom stereocenters. The van der Waals surface area contributed by atoms with Gasteiger partial charge in [-0.2, -0.15) is 13.2 Å². The van der Waals surface area contributed by atoms with E-state index in [1.807, 2.05) is 0 Å². The number of carbonyl (C=O) groups is 1. The number of alkyl halides is 3. The Kier molecular flexibility index (Phi) is 5.54. The number of hydrogen-bond donors (Lipinski definition) is 2. The number of amides is 1. The number of aromatic nitrogens is 3. The van der Waals surface area contributed by atoms with Crippen molar-refractivity contribution in [3.05, 3.63) is 69.8 Å². The van der Waals surface area contributed by atoms with Crippen LogP contribution in [0.4, 0.5) is 19.0 Å². The van der Waals surface area contributed by atoms with E-state index in [0.717, 1.165) is 0 Å². The Balaban J connectivity index is 1.93. The third-order valence-electron chi connectivity index (χ3n) is 3.46. The van der Waals surface area contributed by atoms with Crippen LogP contribution in [0.25, 0.3) is 0 Å². The van der Waals surface area contributed by atoms with E-state index in [1.165, 1.54) is 6.07 Å². The zero-order valence-electron chi connectivity index (χ0n) is 14.3. The summed E-state index contributed by atoms with van der Waals surface area (Å²) < 4.78 is 43.7. The zero-order valence-corrected chi connectivity index (χ0v) is 15.1. The van der Waals surface area contributed by atoms with Crippen LogP contribution in [-0.2, 0) is 11.0 Å². The van der Waals surface area contributed by atoms with Crippen molar-refractivity contribution in [3.63, 3.8) is 0 Å². The maximum absolute atomic E-state index is 12.9. The van der Waals surface area contributed by atoms with Crippen LogP contribution in [0.2, 0.25) is 0 Å². The fraction of sp³-hybridized carbons (Fsp3) is 0.176. The summed E-state index contributed by atoms with van der Waals surface area (Å²) in [4.78, 5) is 30.0. The normalized spacial score (nSPS) is 12.6. The molecule has 2 aromatic heterocycles. The minimum absolute atomic E-state index is 0.162. The summed E-state index contributed by atoms with van der Waals surface area (Å²) >= 11 is 0.683. The van der Waals surface area contributed by atoms with Crippen molar-refractivity contribution in [3.8, 4) is 0 Å². The van der Waals surface area contributed by atoms with Gasteiger partial charge in [-0.3, -0.25) is 9.59 Å². The van der Waals surface area contributed by atoms with Gasteiger partial charge in [0.2, 0.25) is 5.91 Å². The van der Waals surface area contributed by atoms with E-state index in [9.17, 15) is 22.8 Å². The zero-order chi connectivity index (χ0) is 20.3. The minimum atomic E-state index is -4.79. The number of thioether (sulfide) groups is 1. The summed E-state index contributed by atoms with van der Waals surface area (Å²) in [6.07, 6.45) is -4.79. The van der Waals surface area contributed by atoms with Crippen LogP contribution in [-0.4, -0.2) is 21.0 Å². The molecule has 3 aromatic rings. The number of rotatable bonds is 5. The second kappa shape index (κ2) is 7.89. The predicted octanol–water partition coefficient (Wildman–Crippen LogP) is 3.56. The van der Waals surface area contributed by atoms with Gasteiger partial charge in [0, 0.05) is 12.1 Å². The summed E-state index contributed by atoms with van der Waals surface area (Å²) in [5.74, 6) is 0.0715. The second-order valence-corrected chi connectivity index (χ2v) is 6.75. The van der Waals surface area contributed by atoms with E-state index in [0.29, 0.717) is 29.2 Å². The third-order valence-corrected chi connectivity index (χ3v) is 4.60. The molecule has 1 unspecified atom stereocenters. The summed E-state index contributed by atoms with van der Waals surface area (Å²) in [5.41, 5.74) is -1.80. The molecule has 0 radical (unpaired) electrons. The van der Waals surface area contributed by atoms with Gasteiger partial charge in [-0.1, -0.05) is 47.3 Å². The molecular weight excluding hydrogens is 397 g/mol. The molecule has 0 spiro atoms. The lowest BCUT2D eigenvalue weighted by Gasteiger charge is -2.16. The van der Waals surface area contributed by atoms with E-state index >= 15 is 0 Å². The highest BCUT2D eigenvalue weighted by molar-refractivity contribution is 8.00. The molecule has 11 heteroatoms. The molecule has 1 aromatic carbocycles. The molecule has 0 aliphatic heterocycles. The van der Waals surface area contributed by atoms with Gasteiger partial charge in [-0.15, -0.1) is 0 Å². The molecule has 3 rings (SSSR count). The van der Waals surface area contributed by atoms with Gasteiger partial charge in [0.15, 0.2) is 16.7 Å². The van der Waals surface area contributed by atoms with Gasteiger partial charge in [-0.25, -0.2) is 4.98 Å². The molecule has 2 heterocycles. The number of benzene rings is 1. The van der Waals surface area contributed by atoms with Crippen LogP contribution in [0, 0.1) is 6.92 Å². The lowest BCUT2D eigenvalue weighted by atomic mass is 10.1. The van der Waals surface area contributed by atoms with Crippen LogP contribution in [0.1, 0.15) is 22.3 Å². The molecule has 2 N–H and O–H groups in total. The summed E-state index contributed by atoms with van der Waals surface area (Å²) in [6, 6.07) is 10.2. The van der Waals surface area contributed by atoms with Gasteiger partial charge < -0.3 is 14.8 Å². The SMILES string of the molecule is Cc1cc(NC(=O)C(Sc2nc(C(F)(F)F)cc(=O)[nH]2)c2ccccc2)no1. The van der Waals surface area contributed by atoms with Crippen LogP contribution < -0.4 is 10.9 Å². The first-order chi connectivity index (χ1) is 13.2. The van der Waals surface area contributed by atoms with E-state index in [1.54, 1.807) is 37.3 Å². The van der Waals surface area contributed by atoms with Gasteiger partial charge in [-0.05, 0) is 12.5 Å². The van der Waals surface area contributed by atoms with Crippen molar-refractivity contribution in [2.45, 2.75) is 23.5 Å². The largest absolute Gasteiger partial charge is 0.433 e. The Hall–Kier alpha value is -3.08. The number of carbonyl (C=O) groups excluding carboxylic acids is 1. The van der Waals surface area contributed by atoms with E-state index < -0.39 is 28.6 Å². The number of aromatic amines is 1. The smallest absolute Gasteiger partial charge is 0.360 e. The Bertz CT molecular complexity index is 1030. The maximum atomic E-state index is 12.9. The molecule has 1 amide bonds. The molecular formula is C17H13F3N4O3S. The van der Waals surface area contributed by atoms with Crippen LogP contribution in [0.3, 0.4) is 0 Å². The highest BCUT2D eigenvalue weighted by atomic mass is 32.2. The first-order valence-electron chi connectivity index (χ1n) is 7.87. The third kappa shape index (κ3) is 4.80. The maximum Gasteiger partial charge on any atom is 0.433 e. The van der Waals surface area contributed by atoms with Crippen molar-refractivity contribution in [1.29, 1.82) is 0 Å². The van der Waals surface area contributed by atoms with Gasteiger partial charge in [0.1, 0.15) is 11.0 Å². The van der Waals surface area contributed by atoms with Gasteiger partial charge in [0.05, 0.1) is 0 Å². The lowest BCUT2D eigenvalue weighted by Crippen LogP contribution is -2.21. The van der Waals surface area contributed by atoms with Crippen molar-refractivity contribution in [2.24, 2.45) is 0 Å². The molecule has 7 nitrogen and oxygen atoms in total. The van der Waals surface area contributed by atoms with Crippen molar-refractivity contribution >= 4 is 23.5 Å². The topological polar surface area (TPSA) is 101 Å². The number of halogens is 3. The average Bonchev–Trinajstić information content (AvgIpc) is 3.04. The van der Waals surface area contributed by atoms with Gasteiger partial charge in [0.25, 0.3) is 5.56 Å². The minimum Gasteiger partial charge on any atom is -0.360 e. The van der Waals surface area contributed by atoms with Crippen LogP contribution in [0.5, 0.6) is 0 Å². The van der Waals surface area contributed by atoms with Crippen LogP contribution >= 0.6 is 11.8 Å². The fourth-order valence-corrected chi connectivity index (χ4v) is 3.26. The Morgan fingerprint density at radius 1 is 1.25 bits per heavy atom. The van der Waals surface area contributed by atoms with E-state index in [-0.39, 0.29) is 11.0 Å². The number of anilines is 1. The number of hydrogen-bond acceptors (Lipinski definition) is 6. The molecule has 0 saturated carbocycles. The number of H-pyrrole nitrogens is 1. The first-order valence-corrected chi connectivity index (χ1v) is 8.74. The summed E-state index contributed by atoms with van der Waals surface area (Å²) in [5, 5.41) is 4.87. The second-order valence-electron chi connectivity index (χ2n) is 5.65. The van der Waals surface area contributed by atoms with Crippen LogP contribution in [0.15, 0.2) is 56.9 Å². The highest BCUT2D eigenvalue weighted by Gasteiger charge is 2.34. The number of aryl methyl sites for hydroxylation is 1. The number of nitrogens with one attached hydrogen (secondary N) is 2. The standard InChI is InChI=1S/C17H13F3N4O3S/c1-9-7-12(24-27-9)22-15(26)14(10-5-3-2-4-6-10)28-16-21-11(17(18,19)20)8-13(25)23-16/h2-8,14H,1H3,(H,21,23,25)(H,22,24,26). The first kappa shape index (κ1) is 19.7. The lowest BCUT2D eigenvalue weighted by molar-refractivity contribution is -0.141. The molecule has 0 saturated heterocycles. The predicted molar refractivity (Wildman–Crippen MR) is 94.8 cm³/mol. The Labute approximate surface area is 160 Å². The molecule has 0 fully saturated rings. The highest BCUT2D eigenvalue weighted by Crippen LogP contribution is 2.35. The van der Waals surface area contributed by atoms with Crippen molar-refractivity contribution < 1.29 is 22.5 Å². The molecule has 0 aliphatic carbocycles. The quantitative estimate of drug-likeness (QED) is 0.493. The summed E-state index contributed by atoms with van der Waals surface area (Å²) in [7, 11) is 0. The molecule has 0 aliphatic rings. The van der Waals surface area contributed by atoms with Crippen molar-refractivity contribution in [1.82, 2.24) is 15.1 Å². The monoisotopic (exact) mass is 410 g/mol. The average molecular weight is 410 g/mol. The Morgan fingerprint density at radius 2 is 1.96 bits per heavy atom. The molecule has 28 heavy (non-hydrogen) atoms. The van der Waals surface area contributed by atoms with Gasteiger partial charge >= 0.3 is 6.18 Å². The van der Waals surface area contributed by atoms with E-state index in [4.69, 9.17) is 4.52 Å². The number of nitrogens with zero attached hydrogens (tertiary/aromatic N) is 2. The molecule has 146 valence electrons. The summed E-state index contributed by atoms with van der Waals surface area (Å²) in [6.45, 7) is 1.64. The van der Waals surface area contributed by atoms with E-state index in [2.05, 4.69) is 20.4 Å². The molecule has 0 bridgehead atoms. The Morgan fingerprint density at radius 3 is 2.57 bits per heavy atom.